The molecule has 0 fully saturated rings. The van der Waals surface area contributed by atoms with Crippen molar-refractivity contribution in [2.24, 2.45) is 0 Å². The average molecular weight is 370 g/mol. The molecule has 1 aromatic carbocycles. The smallest absolute Gasteiger partial charge is 0.497 e. The first-order valence-electron chi connectivity index (χ1n) is 8.13. The van der Waals surface area contributed by atoms with E-state index in [0.29, 0.717) is 11.3 Å². The van der Waals surface area contributed by atoms with Gasteiger partial charge < -0.3 is 28.2 Å². The second-order valence-corrected chi connectivity index (χ2v) is 7.38. The van der Waals surface area contributed by atoms with Crippen molar-refractivity contribution < 1.29 is 33.0 Å². The lowest BCUT2D eigenvalue weighted by atomic mass is 10.1. The number of hydrogen-bond acceptors (Lipinski definition) is 6. The third-order valence-electron chi connectivity index (χ3n) is 3.42. The summed E-state index contributed by atoms with van der Waals surface area (Å²) in [6.07, 6.45) is 0. The Bertz CT molecular complexity index is 566. The summed E-state index contributed by atoms with van der Waals surface area (Å²) in [4.78, 5) is 12.1. The average Bonchev–Trinajstić information content (AvgIpc) is 2.60. The monoisotopic (exact) mass is 370 g/mol. The predicted octanol–water partition coefficient (Wildman–Crippen LogP) is 2.11. The van der Waals surface area contributed by atoms with Crippen LogP contribution in [0.15, 0.2) is 29.5 Å². The van der Waals surface area contributed by atoms with Gasteiger partial charge >= 0.3 is 14.8 Å². The number of rotatable bonds is 11. The van der Waals surface area contributed by atoms with E-state index in [0.717, 1.165) is 0 Å². The standard InChI is InChI=1S/C17H26O7Si/c1-5-22-25(23-6-2,24-7-3)16(17(19)20)15(12-18)13-8-10-14(21-4)11-9-13/h8-11,18H,5-7,12H2,1-4H3,(H,19,20). The fourth-order valence-corrected chi connectivity index (χ4v) is 5.14. The highest BCUT2D eigenvalue weighted by Crippen LogP contribution is 2.30. The molecule has 0 spiro atoms. The van der Waals surface area contributed by atoms with Crippen LogP contribution in [0.1, 0.15) is 26.3 Å². The maximum Gasteiger partial charge on any atom is 0.545 e. The number of aliphatic hydroxyl groups is 1. The molecule has 0 saturated carbocycles. The van der Waals surface area contributed by atoms with Gasteiger partial charge in [0.2, 0.25) is 0 Å². The highest BCUT2D eigenvalue weighted by molar-refractivity contribution is 6.75. The van der Waals surface area contributed by atoms with E-state index in [2.05, 4.69) is 0 Å². The second-order valence-electron chi connectivity index (χ2n) is 4.90. The van der Waals surface area contributed by atoms with Crippen LogP contribution in [-0.4, -0.2) is 58.5 Å². The van der Waals surface area contributed by atoms with Crippen LogP contribution in [0, 0.1) is 0 Å². The Morgan fingerprint density at radius 3 is 1.80 bits per heavy atom. The van der Waals surface area contributed by atoms with Gasteiger partial charge in [-0.1, -0.05) is 12.1 Å². The Labute approximate surface area is 149 Å². The van der Waals surface area contributed by atoms with E-state index in [-0.39, 0.29) is 30.6 Å². The molecule has 0 saturated heterocycles. The van der Waals surface area contributed by atoms with Crippen LogP contribution in [0.25, 0.3) is 5.57 Å². The summed E-state index contributed by atoms with van der Waals surface area (Å²) in [7, 11) is -2.15. The van der Waals surface area contributed by atoms with Gasteiger partial charge in [0.25, 0.3) is 0 Å². The molecule has 0 heterocycles. The Hall–Kier alpha value is -1.71. The minimum absolute atomic E-state index is 0.147. The normalized spacial score (nSPS) is 12.7. The molecule has 8 heteroatoms. The zero-order valence-electron chi connectivity index (χ0n) is 15.1. The number of aliphatic hydroxyl groups excluding tert-OH is 1. The topological polar surface area (TPSA) is 94.5 Å². The van der Waals surface area contributed by atoms with E-state index in [1.54, 1.807) is 45.0 Å². The van der Waals surface area contributed by atoms with Crippen LogP contribution in [0.5, 0.6) is 5.75 Å². The maximum absolute atomic E-state index is 12.1. The van der Waals surface area contributed by atoms with Gasteiger partial charge in [-0.2, -0.15) is 0 Å². The third kappa shape index (κ3) is 5.13. The van der Waals surface area contributed by atoms with Crippen LogP contribution in [0.4, 0.5) is 0 Å². The number of carboxylic acid groups (broad SMARTS) is 1. The molecule has 1 rings (SSSR count). The minimum atomic E-state index is -3.69. The molecule has 140 valence electrons. The van der Waals surface area contributed by atoms with Crippen LogP contribution in [0.3, 0.4) is 0 Å². The summed E-state index contributed by atoms with van der Waals surface area (Å²) in [5.41, 5.74) is 0.744. The predicted molar refractivity (Wildman–Crippen MR) is 95.3 cm³/mol. The number of carboxylic acids is 1. The van der Waals surface area contributed by atoms with Crippen LogP contribution >= 0.6 is 0 Å². The van der Waals surface area contributed by atoms with Crippen molar-refractivity contribution in [1.29, 1.82) is 0 Å². The zero-order valence-corrected chi connectivity index (χ0v) is 16.1. The first-order valence-corrected chi connectivity index (χ1v) is 9.86. The SMILES string of the molecule is CCO[Si](OCC)(OCC)C(C(=O)O)=C(CO)c1ccc(OC)cc1. The quantitative estimate of drug-likeness (QED) is 0.455. The van der Waals surface area contributed by atoms with E-state index in [1.165, 1.54) is 7.11 Å². The number of hydrogen-bond donors (Lipinski definition) is 2. The van der Waals surface area contributed by atoms with Crippen LogP contribution < -0.4 is 4.74 Å². The molecule has 0 aliphatic rings. The molecule has 0 aliphatic heterocycles. The second kappa shape index (κ2) is 10.3. The van der Waals surface area contributed by atoms with Gasteiger partial charge in [0.1, 0.15) is 10.9 Å². The van der Waals surface area contributed by atoms with Gasteiger partial charge in [0, 0.05) is 19.8 Å². The first-order chi connectivity index (χ1) is 12.0. The van der Waals surface area contributed by atoms with Gasteiger partial charge in [-0.05, 0) is 44.0 Å². The molecule has 0 radical (unpaired) electrons. The van der Waals surface area contributed by atoms with E-state index >= 15 is 0 Å². The summed E-state index contributed by atoms with van der Waals surface area (Å²) in [6, 6.07) is 6.73. The van der Waals surface area contributed by atoms with Crippen molar-refractivity contribution in [2.75, 3.05) is 33.5 Å². The van der Waals surface area contributed by atoms with Crippen LogP contribution in [0.2, 0.25) is 0 Å². The summed E-state index contributed by atoms with van der Waals surface area (Å²) in [6.45, 7) is 5.41. The third-order valence-corrected chi connectivity index (χ3v) is 6.56. The lowest BCUT2D eigenvalue weighted by Gasteiger charge is -2.30. The molecule has 0 aliphatic carbocycles. The molecule has 0 bridgehead atoms. The van der Waals surface area contributed by atoms with Gasteiger partial charge in [-0.25, -0.2) is 4.79 Å². The van der Waals surface area contributed by atoms with Gasteiger partial charge in [-0.15, -0.1) is 0 Å². The zero-order chi connectivity index (χ0) is 18.9. The van der Waals surface area contributed by atoms with Gasteiger partial charge in [-0.3, -0.25) is 0 Å². The summed E-state index contributed by atoms with van der Waals surface area (Å²) in [5, 5.41) is 19.6. The molecule has 0 atom stereocenters. The largest absolute Gasteiger partial charge is 0.545 e. The number of methoxy groups -OCH3 is 1. The van der Waals surface area contributed by atoms with E-state index in [4.69, 9.17) is 18.0 Å². The first kappa shape index (κ1) is 21.3. The fourth-order valence-electron chi connectivity index (χ4n) is 2.46. The number of benzene rings is 1. The van der Waals surface area contributed by atoms with Gasteiger partial charge in [0.05, 0.1) is 13.7 Å². The Balaban J connectivity index is 3.61. The molecule has 0 aromatic heterocycles. The summed E-state index contributed by atoms with van der Waals surface area (Å²) in [5.74, 6) is -0.609. The maximum atomic E-state index is 12.1. The Kier molecular flexibility index (Phi) is 8.80. The van der Waals surface area contributed by atoms with Gasteiger partial charge in [0.15, 0.2) is 0 Å². The van der Waals surface area contributed by atoms with Crippen molar-refractivity contribution in [3.05, 3.63) is 35.0 Å². The van der Waals surface area contributed by atoms with Crippen molar-refractivity contribution in [3.8, 4) is 5.75 Å². The number of carbonyl (C=O) groups is 1. The van der Waals surface area contributed by atoms with E-state index in [9.17, 15) is 15.0 Å². The summed E-state index contributed by atoms with van der Waals surface area (Å²) < 4.78 is 22.2. The van der Waals surface area contributed by atoms with Crippen molar-refractivity contribution in [1.82, 2.24) is 0 Å². The molecular weight excluding hydrogens is 344 g/mol. The molecular formula is C17H26O7Si. The lowest BCUT2D eigenvalue weighted by Crippen LogP contribution is -2.51. The summed E-state index contributed by atoms with van der Waals surface area (Å²) >= 11 is 0. The van der Waals surface area contributed by atoms with Crippen molar-refractivity contribution >= 4 is 20.3 Å². The molecule has 0 amide bonds. The molecule has 25 heavy (non-hydrogen) atoms. The fraction of sp³-hybridized carbons (Fsp3) is 0.471. The highest BCUT2D eigenvalue weighted by Gasteiger charge is 2.51. The van der Waals surface area contributed by atoms with E-state index in [1.807, 2.05) is 0 Å². The van der Waals surface area contributed by atoms with E-state index < -0.39 is 21.4 Å². The molecule has 2 N–H and O–H groups in total. The molecule has 7 nitrogen and oxygen atoms in total. The lowest BCUT2D eigenvalue weighted by molar-refractivity contribution is -0.132. The molecule has 1 aromatic rings. The Morgan fingerprint density at radius 1 is 1.00 bits per heavy atom. The highest BCUT2D eigenvalue weighted by atomic mass is 28.4. The Morgan fingerprint density at radius 2 is 1.48 bits per heavy atom. The van der Waals surface area contributed by atoms with Crippen molar-refractivity contribution in [3.63, 3.8) is 0 Å². The number of aliphatic carboxylic acids is 1. The van der Waals surface area contributed by atoms with Crippen LogP contribution in [-0.2, 0) is 18.1 Å². The number of ether oxygens (including phenoxy) is 1. The minimum Gasteiger partial charge on any atom is -0.497 e. The van der Waals surface area contributed by atoms with Crippen molar-refractivity contribution in [2.45, 2.75) is 20.8 Å². The molecule has 0 unspecified atom stereocenters.